The normalized spacial score (nSPS) is 15.4. The zero-order valence-electron chi connectivity index (χ0n) is 15.9. The maximum Gasteiger partial charge on any atom is 0.547 e. The van der Waals surface area contributed by atoms with Gasteiger partial charge in [0.05, 0.1) is 5.94 Å². The lowest BCUT2D eigenvalue weighted by Crippen LogP contribution is -2.53. The Morgan fingerprint density at radius 1 is 1.30 bits per heavy atom. The van der Waals surface area contributed by atoms with Crippen molar-refractivity contribution in [1.29, 1.82) is 0 Å². The molecule has 0 radical (unpaired) electrons. The minimum absolute atomic E-state index is 0.138. The molecular formula is C18H25BN2O6. The highest BCUT2D eigenvalue weighted by Gasteiger charge is 2.37. The summed E-state index contributed by atoms with van der Waals surface area (Å²) in [5.41, 5.74) is 0.811. The highest BCUT2D eigenvalue weighted by atomic mass is 16.5. The number of para-hydroxylation sites is 1. The van der Waals surface area contributed by atoms with Crippen LogP contribution in [0, 0.1) is 0 Å². The Morgan fingerprint density at radius 2 is 2.00 bits per heavy atom. The van der Waals surface area contributed by atoms with E-state index in [4.69, 9.17) is 9.39 Å². The van der Waals surface area contributed by atoms with Gasteiger partial charge < -0.3 is 24.6 Å². The Hall–Kier alpha value is -2.55. The highest BCUT2D eigenvalue weighted by molar-refractivity contribution is 6.47. The summed E-state index contributed by atoms with van der Waals surface area (Å²) in [5.74, 6) is -1.55. The molecule has 146 valence electrons. The lowest BCUT2D eigenvalue weighted by atomic mass is 9.72. The Labute approximate surface area is 159 Å². The first kappa shape index (κ1) is 20.8. The van der Waals surface area contributed by atoms with Crippen LogP contribution < -0.4 is 9.97 Å². The maximum atomic E-state index is 12.4. The van der Waals surface area contributed by atoms with Gasteiger partial charge in [-0.05, 0) is 31.9 Å². The molecule has 0 bridgehead atoms. The third kappa shape index (κ3) is 5.00. The molecule has 1 aliphatic heterocycles. The third-order valence-corrected chi connectivity index (χ3v) is 4.45. The van der Waals surface area contributed by atoms with Crippen LogP contribution in [0.1, 0.15) is 43.1 Å². The van der Waals surface area contributed by atoms with Gasteiger partial charge in [-0.3, -0.25) is 9.59 Å². The number of hydrogen-bond acceptors (Lipinski definition) is 6. The molecule has 2 amide bonds. The second kappa shape index (κ2) is 9.41. The van der Waals surface area contributed by atoms with E-state index in [1.54, 1.807) is 24.0 Å². The monoisotopic (exact) mass is 376 g/mol. The van der Waals surface area contributed by atoms with Crippen LogP contribution in [0.15, 0.2) is 18.2 Å². The zero-order chi connectivity index (χ0) is 20.0. The minimum atomic E-state index is -1.28. The van der Waals surface area contributed by atoms with Crippen molar-refractivity contribution >= 4 is 24.9 Å². The van der Waals surface area contributed by atoms with E-state index in [9.17, 15) is 19.4 Å². The highest BCUT2D eigenvalue weighted by Crippen LogP contribution is 2.30. The summed E-state index contributed by atoms with van der Waals surface area (Å²) < 4.78 is 10.6. The summed E-state index contributed by atoms with van der Waals surface area (Å²) in [5, 5.41) is 12.9. The van der Waals surface area contributed by atoms with Gasteiger partial charge in [-0.1, -0.05) is 19.1 Å². The SMILES string of the molecule is CCC(=O)N[C@H]1Cc2cccc(C(=O)OCC(=O)N(CC)CC)c2OB1O. The predicted molar refractivity (Wildman–Crippen MR) is 99.2 cm³/mol. The summed E-state index contributed by atoms with van der Waals surface area (Å²) in [6.45, 7) is 6.12. The molecule has 1 aliphatic rings. The number of nitrogens with one attached hydrogen (secondary N) is 1. The number of esters is 1. The van der Waals surface area contributed by atoms with E-state index in [2.05, 4.69) is 5.32 Å². The van der Waals surface area contributed by atoms with Crippen molar-refractivity contribution in [1.82, 2.24) is 10.2 Å². The molecule has 1 aromatic rings. The van der Waals surface area contributed by atoms with E-state index < -0.39 is 19.0 Å². The van der Waals surface area contributed by atoms with E-state index in [0.717, 1.165) is 0 Å². The van der Waals surface area contributed by atoms with Gasteiger partial charge in [-0.15, -0.1) is 0 Å². The summed E-state index contributed by atoms with van der Waals surface area (Å²) in [6, 6.07) is 4.94. The van der Waals surface area contributed by atoms with Crippen molar-refractivity contribution in [2.24, 2.45) is 0 Å². The van der Waals surface area contributed by atoms with Crippen molar-refractivity contribution in [3.05, 3.63) is 29.3 Å². The molecule has 0 unspecified atom stereocenters. The largest absolute Gasteiger partial charge is 0.547 e. The van der Waals surface area contributed by atoms with Gasteiger partial charge in [-0.2, -0.15) is 0 Å². The molecule has 2 rings (SSSR count). The van der Waals surface area contributed by atoms with Crippen molar-refractivity contribution < 1.29 is 28.8 Å². The number of benzene rings is 1. The summed E-state index contributed by atoms with van der Waals surface area (Å²) in [4.78, 5) is 37.5. The van der Waals surface area contributed by atoms with Crippen LogP contribution in [0.4, 0.5) is 0 Å². The van der Waals surface area contributed by atoms with Crippen LogP contribution in [-0.2, 0) is 20.7 Å². The van der Waals surface area contributed by atoms with Gasteiger partial charge in [0.2, 0.25) is 5.91 Å². The number of nitrogens with zero attached hydrogens (tertiary/aromatic N) is 1. The molecule has 0 saturated carbocycles. The van der Waals surface area contributed by atoms with Gasteiger partial charge in [0, 0.05) is 19.5 Å². The van der Waals surface area contributed by atoms with E-state index in [0.29, 0.717) is 31.5 Å². The quantitative estimate of drug-likeness (QED) is 0.532. The smallest absolute Gasteiger partial charge is 0.534 e. The number of likely N-dealkylation sites (N-methyl/N-ethyl adjacent to an activating group) is 1. The van der Waals surface area contributed by atoms with Gasteiger partial charge in [-0.25, -0.2) is 4.79 Å². The molecule has 0 fully saturated rings. The van der Waals surface area contributed by atoms with Gasteiger partial charge in [0.15, 0.2) is 6.61 Å². The standard InChI is InChI=1S/C18H25BN2O6/c1-4-15(22)20-14-10-12-8-7-9-13(17(12)27-19(14)25)18(24)26-11-16(23)21(5-2)6-3/h7-9,14,25H,4-6,10-11H2,1-3H3,(H,20,22)/t14-/m0/s1. The van der Waals surface area contributed by atoms with Gasteiger partial charge >= 0.3 is 13.1 Å². The average molecular weight is 376 g/mol. The summed E-state index contributed by atoms with van der Waals surface area (Å²) >= 11 is 0. The topological polar surface area (TPSA) is 105 Å². The summed E-state index contributed by atoms with van der Waals surface area (Å²) in [7, 11) is -1.28. The van der Waals surface area contributed by atoms with Crippen molar-refractivity contribution in [2.45, 2.75) is 39.6 Å². The molecular weight excluding hydrogens is 351 g/mol. The molecule has 9 heteroatoms. The number of carbonyl (C=O) groups is 3. The van der Waals surface area contributed by atoms with Crippen LogP contribution in [-0.4, -0.2) is 60.5 Å². The fraction of sp³-hybridized carbons (Fsp3) is 0.500. The van der Waals surface area contributed by atoms with E-state index in [1.165, 1.54) is 6.07 Å². The molecule has 0 saturated heterocycles. The van der Waals surface area contributed by atoms with Crippen LogP contribution in [0.5, 0.6) is 5.75 Å². The molecule has 27 heavy (non-hydrogen) atoms. The molecule has 0 aliphatic carbocycles. The molecule has 1 aromatic carbocycles. The lowest BCUT2D eigenvalue weighted by molar-refractivity contribution is -0.134. The molecule has 0 spiro atoms. The van der Waals surface area contributed by atoms with Crippen molar-refractivity contribution in [3.8, 4) is 5.75 Å². The van der Waals surface area contributed by atoms with E-state index >= 15 is 0 Å². The first-order valence-electron chi connectivity index (χ1n) is 9.12. The first-order chi connectivity index (χ1) is 12.9. The number of rotatable bonds is 7. The molecule has 0 aromatic heterocycles. The summed E-state index contributed by atoms with van der Waals surface area (Å²) in [6.07, 6.45) is 0.616. The second-order valence-corrected chi connectivity index (χ2v) is 6.18. The fourth-order valence-electron chi connectivity index (χ4n) is 2.89. The maximum absolute atomic E-state index is 12.4. The van der Waals surface area contributed by atoms with Crippen LogP contribution in [0.25, 0.3) is 0 Å². The average Bonchev–Trinajstić information content (AvgIpc) is 2.67. The molecule has 2 N–H and O–H groups in total. The number of fused-ring (bicyclic) bond motifs is 1. The number of hydrogen-bond donors (Lipinski definition) is 2. The fourth-order valence-corrected chi connectivity index (χ4v) is 2.89. The van der Waals surface area contributed by atoms with Crippen molar-refractivity contribution in [3.63, 3.8) is 0 Å². The van der Waals surface area contributed by atoms with E-state index in [-0.39, 0.29) is 29.7 Å². The zero-order valence-corrected chi connectivity index (χ0v) is 15.9. The number of carbonyl (C=O) groups excluding carboxylic acids is 3. The van der Waals surface area contributed by atoms with Gasteiger partial charge in [0.25, 0.3) is 5.91 Å². The molecule has 8 nitrogen and oxygen atoms in total. The molecule has 1 atom stereocenters. The number of ether oxygens (including phenoxy) is 1. The van der Waals surface area contributed by atoms with Crippen molar-refractivity contribution in [2.75, 3.05) is 19.7 Å². The Bertz CT molecular complexity index is 707. The first-order valence-corrected chi connectivity index (χ1v) is 9.12. The Balaban J connectivity index is 2.10. The third-order valence-electron chi connectivity index (χ3n) is 4.45. The predicted octanol–water partition coefficient (Wildman–Crippen LogP) is 0.561. The Kier molecular flexibility index (Phi) is 7.23. The second-order valence-electron chi connectivity index (χ2n) is 6.18. The lowest BCUT2D eigenvalue weighted by Gasteiger charge is -2.29. The molecule has 1 heterocycles. The van der Waals surface area contributed by atoms with Crippen LogP contribution in [0.3, 0.4) is 0 Å². The Morgan fingerprint density at radius 3 is 2.63 bits per heavy atom. The van der Waals surface area contributed by atoms with Gasteiger partial charge in [0.1, 0.15) is 11.3 Å². The minimum Gasteiger partial charge on any atom is -0.534 e. The van der Waals surface area contributed by atoms with Crippen LogP contribution in [0.2, 0.25) is 0 Å². The van der Waals surface area contributed by atoms with Crippen LogP contribution >= 0.6 is 0 Å². The van der Waals surface area contributed by atoms with E-state index in [1.807, 2.05) is 13.8 Å². The number of amides is 2.